The molecule has 0 N–H and O–H groups in total. The molecule has 424 valence electrons. The number of carbonyl (C=O) groups excluding carboxylic acids is 3. The number of hydrogen-bond donors (Lipinski definition) is 0. The largest absolute Gasteiger partial charge is 0.462 e. The molecule has 0 aromatic carbocycles. The lowest BCUT2D eigenvalue weighted by atomic mass is 10.0. The number of ether oxygens (including phenoxy) is 3. The van der Waals surface area contributed by atoms with Crippen LogP contribution in [0.4, 0.5) is 0 Å². The smallest absolute Gasteiger partial charge is 0.306 e. The van der Waals surface area contributed by atoms with Gasteiger partial charge in [-0.3, -0.25) is 14.4 Å². The van der Waals surface area contributed by atoms with Crippen LogP contribution in [0, 0.1) is 0 Å². The zero-order valence-corrected chi connectivity index (χ0v) is 48.5. The van der Waals surface area contributed by atoms with Gasteiger partial charge in [0.05, 0.1) is 0 Å². The highest BCUT2D eigenvalue weighted by Crippen LogP contribution is 2.15. The van der Waals surface area contributed by atoms with Gasteiger partial charge in [-0.15, -0.1) is 0 Å². The van der Waals surface area contributed by atoms with Crippen LogP contribution in [-0.2, 0) is 28.6 Å². The van der Waals surface area contributed by atoms with Crippen LogP contribution in [0.3, 0.4) is 0 Å². The predicted molar refractivity (Wildman–Crippen MR) is 325 cm³/mol. The van der Waals surface area contributed by atoms with Gasteiger partial charge in [-0.1, -0.05) is 264 Å². The molecule has 0 rings (SSSR count). The first-order chi connectivity index (χ1) is 37.0. The second-order valence-corrected chi connectivity index (χ2v) is 19.9. The summed E-state index contributed by atoms with van der Waals surface area (Å²) in [5.74, 6) is -0.921. The Bertz CT molecular complexity index is 1620. The normalized spacial score (nSPS) is 13.1. The second-order valence-electron chi connectivity index (χ2n) is 19.9. The van der Waals surface area contributed by atoms with Gasteiger partial charge < -0.3 is 14.2 Å². The van der Waals surface area contributed by atoms with Gasteiger partial charge in [0.2, 0.25) is 0 Å². The van der Waals surface area contributed by atoms with Crippen molar-refractivity contribution in [3.63, 3.8) is 0 Å². The predicted octanol–water partition coefficient (Wildman–Crippen LogP) is 21.0. The van der Waals surface area contributed by atoms with Crippen LogP contribution in [0.1, 0.15) is 265 Å². The van der Waals surface area contributed by atoms with E-state index in [-0.39, 0.29) is 31.1 Å². The minimum atomic E-state index is -0.791. The topological polar surface area (TPSA) is 78.9 Å². The van der Waals surface area contributed by atoms with Gasteiger partial charge in [-0.2, -0.15) is 0 Å². The lowest BCUT2D eigenvalue weighted by molar-refractivity contribution is -0.167. The van der Waals surface area contributed by atoms with Crippen molar-refractivity contribution in [1.82, 2.24) is 0 Å². The summed E-state index contributed by atoms with van der Waals surface area (Å²) in [5, 5.41) is 0. The zero-order valence-electron chi connectivity index (χ0n) is 48.5. The Hall–Kier alpha value is -4.45. The molecule has 0 heterocycles. The molecule has 6 nitrogen and oxygen atoms in total. The molecule has 0 saturated heterocycles. The zero-order chi connectivity index (χ0) is 54.3. The fraction of sp³-hybridized carbons (Fsp3) is 0.638. The molecule has 6 heteroatoms. The maximum absolute atomic E-state index is 12.9. The Labute approximate surface area is 462 Å². The van der Waals surface area contributed by atoms with E-state index in [2.05, 4.69) is 154 Å². The molecular weight excluding hydrogens is 925 g/mol. The summed E-state index contributed by atoms with van der Waals surface area (Å²) in [6, 6.07) is 0. The maximum atomic E-state index is 12.9. The summed E-state index contributed by atoms with van der Waals surface area (Å²) >= 11 is 0. The van der Waals surface area contributed by atoms with Gasteiger partial charge in [-0.05, 0) is 116 Å². The minimum Gasteiger partial charge on any atom is -0.462 e. The van der Waals surface area contributed by atoms with E-state index in [0.717, 1.165) is 148 Å². The van der Waals surface area contributed by atoms with E-state index in [1.54, 1.807) is 0 Å². The quantitative estimate of drug-likeness (QED) is 0.0261. The average Bonchev–Trinajstić information content (AvgIpc) is 3.41. The monoisotopic (exact) mass is 1040 g/mol. The molecule has 75 heavy (non-hydrogen) atoms. The van der Waals surface area contributed by atoms with Crippen LogP contribution in [0.5, 0.6) is 0 Å². The van der Waals surface area contributed by atoms with Gasteiger partial charge in [0.15, 0.2) is 6.10 Å². The molecule has 0 aliphatic carbocycles. The molecular formula is C69H112O6. The fourth-order valence-electron chi connectivity index (χ4n) is 8.12. The second kappa shape index (κ2) is 62.1. The van der Waals surface area contributed by atoms with Crippen molar-refractivity contribution < 1.29 is 28.6 Å². The first kappa shape index (κ1) is 70.5. The summed E-state index contributed by atoms with van der Waals surface area (Å²) in [4.78, 5) is 38.1. The van der Waals surface area contributed by atoms with Crippen LogP contribution in [0.25, 0.3) is 0 Å². The van der Waals surface area contributed by atoms with Crippen molar-refractivity contribution in [3.8, 4) is 0 Å². The number of unbranched alkanes of at least 4 members (excludes halogenated alkanes) is 21. The lowest BCUT2D eigenvalue weighted by Crippen LogP contribution is -2.30. The molecule has 0 aliphatic heterocycles. The van der Waals surface area contributed by atoms with Crippen LogP contribution in [0.15, 0.2) is 134 Å². The van der Waals surface area contributed by atoms with Crippen molar-refractivity contribution >= 4 is 17.9 Å². The highest BCUT2D eigenvalue weighted by Gasteiger charge is 2.19. The van der Waals surface area contributed by atoms with E-state index < -0.39 is 6.10 Å². The molecule has 1 atom stereocenters. The van der Waals surface area contributed by atoms with E-state index in [4.69, 9.17) is 14.2 Å². The van der Waals surface area contributed by atoms with Crippen LogP contribution in [0.2, 0.25) is 0 Å². The van der Waals surface area contributed by atoms with Crippen LogP contribution < -0.4 is 0 Å². The molecule has 1 unspecified atom stereocenters. The minimum absolute atomic E-state index is 0.0887. The van der Waals surface area contributed by atoms with Gasteiger partial charge in [0.25, 0.3) is 0 Å². The Morgan fingerprint density at radius 3 is 0.813 bits per heavy atom. The lowest BCUT2D eigenvalue weighted by Gasteiger charge is -2.18. The van der Waals surface area contributed by atoms with Gasteiger partial charge in [0.1, 0.15) is 13.2 Å². The van der Waals surface area contributed by atoms with Crippen LogP contribution in [-0.4, -0.2) is 37.2 Å². The Morgan fingerprint density at radius 1 is 0.280 bits per heavy atom. The third-order valence-corrected chi connectivity index (χ3v) is 12.7. The van der Waals surface area contributed by atoms with E-state index in [1.165, 1.54) is 77.0 Å². The van der Waals surface area contributed by atoms with Gasteiger partial charge in [-0.25, -0.2) is 0 Å². The third-order valence-electron chi connectivity index (χ3n) is 12.7. The number of hydrogen-bond acceptors (Lipinski definition) is 6. The molecule has 0 amide bonds. The van der Waals surface area contributed by atoms with Gasteiger partial charge in [0, 0.05) is 19.3 Å². The highest BCUT2D eigenvalue weighted by atomic mass is 16.6. The Balaban J connectivity index is 4.24. The number of allylic oxidation sites excluding steroid dienone is 22. The molecule has 0 aromatic heterocycles. The first-order valence-corrected chi connectivity index (χ1v) is 30.7. The molecule has 0 radical (unpaired) electrons. The van der Waals surface area contributed by atoms with E-state index in [0.29, 0.717) is 19.3 Å². The molecule has 0 aliphatic rings. The summed E-state index contributed by atoms with van der Waals surface area (Å²) in [7, 11) is 0. The maximum Gasteiger partial charge on any atom is 0.306 e. The summed E-state index contributed by atoms with van der Waals surface area (Å²) in [6.07, 6.45) is 87.5. The first-order valence-electron chi connectivity index (χ1n) is 30.7. The molecule has 0 saturated carbocycles. The van der Waals surface area contributed by atoms with Crippen molar-refractivity contribution in [3.05, 3.63) is 134 Å². The Kier molecular flexibility index (Phi) is 58.4. The van der Waals surface area contributed by atoms with Gasteiger partial charge >= 0.3 is 17.9 Å². The summed E-state index contributed by atoms with van der Waals surface area (Å²) in [5.41, 5.74) is 0. The van der Waals surface area contributed by atoms with Crippen molar-refractivity contribution in [2.24, 2.45) is 0 Å². The van der Waals surface area contributed by atoms with E-state index >= 15 is 0 Å². The fourth-order valence-corrected chi connectivity index (χ4v) is 8.12. The number of esters is 3. The van der Waals surface area contributed by atoms with E-state index in [9.17, 15) is 14.4 Å². The molecule has 0 spiro atoms. The van der Waals surface area contributed by atoms with Crippen molar-refractivity contribution in [2.45, 2.75) is 271 Å². The molecule has 0 bridgehead atoms. The molecule has 0 aromatic rings. The molecule has 0 fully saturated rings. The number of rotatable bonds is 54. The summed E-state index contributed by atoms with van der Waals surface area (Å²) < 4.78 is 16.8. The van der Waals surface area contributed by atoms with Crippen molar-refractivity contribution in [2.75, 3.05) is 13.2 Å². The standard InChI is InChI=1S/C69H112O6/c1-4-7-10-13-16-18-20-22-24-26-28-30-32-33-34-35-37-38-40-42-44-46-48-50-53-56-59-62-68(71)74-65-66(64-73-67(70)61-58-55-52-15-12-9-6-3)75-69(72)63-60-57-54-51-49-47-45-43-41-39-36-31-29-27-25-23-21-19-17-14-11-8-5-2/h7-8,10-11,16-19,22-25,28-31,33-34,37-38,42,44,66H,4-6,9,12-15,20-21,26-27,32,35-36,39-41,43,45-65H2,1-3H3/b10-7-,11-8-,18-16-,19-17-,24-22-,25-23-,30-28-,31-29-,34-33-,38-37-,44-42-. The SMILES string of the molecule is CC/C=C\C/C=C\C/C=C\C/C=C\C/C=C\C/C=C\C/C=C\CCCCCCCC(=O)OCC(COC(=O)CCCCCCCCC)OC(=O)CCCCCCCCCCCC/C=C\C/C=C\C/C=C\C/C=C\CC. The van der Waals surface area contributed by atoms with Crippen LogP contribution >= 0.6 is 0 Å². The van der Waals surface area contributed by atoms with Crippen molar-refractivity contribution in [1.29, 1.82) is 0 Å². The van der Waals surface area contributed by atoms with E-state index in [1.807, 2.05) is 0 Å². The Morgan fingerprint density at radius 2 is 0.520 bits per heavy atom. The average molecular weight is 1040 g/mol. The number of carbonyl (C=O) groups is 3. The highest BCUT2D eigenvalue weighted by molar-refractivity contribution is 5.71. The third kappa shape index (κ3) is 60.3. The summed E-state index contributed by atoms with van der Waals surface area (Å²) in [6.45, 7) is 6.35.